The molecule has 0 saturated carbocycles. The molecule has 2 aliphatic rings. The molecule has 0 aliphatic carbocycles. The zero-order chi connectivity index (χ0) is 19.6. The van der Waals surface area contributed by atoms with Gasteiger partial charge in [0.05, 0.1) is 17.4 Å². The van der Waals surface area contributed by atoms with Gasteiger partial charge in [-0.1, -0.05) is 25.9 Å². The van der Waals surface area contributed by atoms with Gasteiger partial charge in [-0.3, -0.25) is 4.79 Å². The van der Waals surface area contributed by atoms with Crippen molar-refractivity contribution in [2.45, 2.75) is 63.4 Å². The largest absolute Gasteiger partial charge is 0.396 e. The van der Waals surface area contributed by atoms with Gasteiger partial charge in [-0.05, 0) is 26.2 Å². The Kier molecular flexibility index (Phi) is 6.24. The van der Waals surface area contributed by atoms with Crippen LogP contribution in [-0.2, 0) is 24.2 Å². The van der Waals surface area contributed by atoms with Crippen molar-refractivity contribution in [3.63, 3.8) is 0 Å². The first-order chi connectivity index (χ1) is 12.0. The van der Waals surface area contributed by atoms with Gasteiger partial charge in [0, 0.05) is 25.2 Å². The standard InChI is InChI=1S/C17H28N2O6S/c1-16(2,3)13-11-14(25-19-13)18-15(21)17(4,7-8-20)26(22,23)12-5-9-24-10-6-12/h12,20H,5-11H2,1-4H3. The second-order valence-electron chi connectivity index (χ2n) is 7.93. The third kappa shape index (κ3) is 4.15. The van der Waals surface area contributed by atoms with Crippen LogP contribution in [0.1, 0.15) is 53.4 Å². The molecule has 2 heterocycles. The van der Waals surface area contributed by atoms with E-state index in [0.717, 1.165) is 5.71 Å². The van der Waals surface area contributed by atoms with Crippen molar-refractivity contribution in [2.24, 2.45) is 15.6 Å². The van der Waals surface area contributed by atoms with E-state index in [1.807, 2.05) is 20.8 Å². The smallest absolute Gasteiger partial charge is 0.270 e. The van der Waals surface area contributed by atoms with Crippen LogP contribution in [0.2, 0.25) is 0 Å². The molecule has 1 unspecified atom stereocenters. The highest BCUT2D eigenvalue weighted by molar-refractivity contribution is 7.94. The predicted molar refractivity (Wildman–Crippen MR) is 97.9 cm³/mol. The van der Waals surface area contributed by atoms with E-state index in [9.17, 15) is 18.3 Å². The van der Waals surface area contributed by atoms with Crippen LogP contribution < -0.4 is 0 Å². The molecule has 0 bridgehead atoms. The number of aliphatic imine (C=N–C) groups is 1. The van der Waals surface area contributed by atoms with Gasteiger partial charge in [0.2, 0.25) is 5.90 Å². The molecule has 2 rings (SSSR count). The van der Waals surface area contributed by atoms with E-state index in [4.69, 9.17) is 9.57 Å². The number of hydrogen-bond donors (Lipinski definition) is 1. The third-order valence-corrected chi connectivity index (χ3v) is 7.93. The summed E-state index contributed by atoms with van der Waals surface area (Å²) in [4.78, 5) is 21.9. The Bertz CT molecular complexity index is 701. The average Bonchev–Trinajstić information content (AvgIpc) is 3.04. The van der Waals surface area contributed by atoms with Gasteiger partial charge in [0.1, 0.15) is 0 Å². The molecule has 148 valence electrons. The Morgan fingerprint density at radius 1 is 1.27 bits per heavy atom. The van der Waals surface area contributed by atoms with Crippen LogP contribution in [-0.4, -0.2) is 60.9 Å². The second kappa shape index (κ2) is 7.74. The van der Waals surface area contributed by atoms with Crippen molar-refractivity contribution in [2.75, 3.05) is 19.8 Å². The molecule has 0 radical (unpaired) electrons. The minimum absolute atomic E-state index is 0.0891. The number of hydrogen-bond acceptors (Lipinski definition) is 7. The fourth-order valence-corrected chi connectivity index (χ4v) is 5.16. The lowest BCUT2D eigenvalue weighted by Gasteiger charge is -2.32. The van der Waals surface area contributed by atoms with Crippen LogP contribution in [0.25, 0.3) is 0 Å². The molecule has 1 amide bonds. The van der Waals surface area contributed by atoms with E-state index in [1.54, 1.807) is 0 Å². The van der Waals surface area contributed by atoms with E-state index in [2.05, 4.69) is 10.1 Å². The topological polar surface area (TPSA) is 115 Å². The van der Waals surface area contributed by atoms with E-state index < -0.39 is 32.3 Å². The van der Waals surface area contributed by atoms with Gasteiger partial charge >= 0.3 is 0 Å². The van der Waals surface area contributed by atoms with Gasteiger partial charge in [0.15, 0.2) is 14.6 Å². The highest BCUT2D eigenvalue weighted by Gasteiger charge is 2.50. The monoisotopic (exact) mass is 388 g/mol. The molecule has 0 aromatic rings. The molecule has 1 atom stereocenters. The summed E-state index contributed by atoms with van der Waals surface area (Å²) in [6, 6.07) is 0. The molecular weight excluding hydrogens is 360 g/mol. The van der Waals surface area contributed by atoms with Crippen LogP contribution in [0.5, 0.6) is 0 Å². The van der Waals surface area contributed by atoms with Crippen molar-refractivity contribution in [3.05, 3.63) is 0 Å². The number of ether oxygens (including phenoxy) is 1. The molecule has 1 fully saturated rings. The predicted octanol–water partition coefficient (Wildman–Crippen LogP) is 1.47. The number of aliphatic hydroxyl groups excluding tert-OH is 1. The number of aliphatic hydroxyl groups is 1. The van der Waals surface area contributed by atoms with E-state index in [1.165, 1.54) is 6.92 Å². The van der Waals surface area contributed by atoms with Crippen molar-refractivity contribution in [1.82, 2.24) is 0 Å². The molecular formula is C17H28N2O6S. The normalized spacial score (nSPS) is 23.4. The van der Waals surface area contributed by atoms with Crippen LogP contribution in [0, 0.1) is 5.41 Å². The Hall–Kier alpha value is -1.32. The maximum Gasteiger partial charge on any atom is 0.270 e. The van der Waals surface area contributed by atoms with Crippen LogP contribution in [0.15, 0.2) is 10.1 Å². The van der Waals surface area contributed by atoms with E-state index >= 15 is 0 Å². The SMILES string of the molecule is CC(C)(C)C1=NOC(=NC(=O)C(C)(CCO)S(=O)(=O)C2CCOCC2)C1. The van der Waals surface area contributed by atoms with E-state index in [0.29, 0.717) is 26.1 Å². The van der Waals surface area contributed by atoms with Gasteiger partial charge in [-0.2, -0.15) is 4.99 Å². The summed E-state index contributed by atoms with van der Waals surface area (Å²) in [6.45, 7) is 7.48. The molecule has 0 aromatic carbocycles. The van der Waals surface area contributed by atoms with Crippen LogP contribution >= 0.6 is 0 Å². The minimum Gasteiger partial charge on any atom is -0.396 e. The molecule has 0 aromatic heterocycles. The number of sulfone groups is 1. The summed E-state index contributed by atoms with van der Waals surface area (Å²) >= 11 is 0. The molecule has 1 N–H and O–H groups in total. The zero-order valence-electron chi connectivity index (χ0n) is 15.8. The second-order valence-corrected chi connectivity index (χ2v) is 10.6. The number of oxime groups is 1. The lowest BCUT2D eigenvalue weighted by molar-refractivity contribution is -0.120. The summed E-state index contributed by atoms with van der Waals surface area (Å²) in [7, 11) is -3.86. The van der Waals surface area contributed by atoms with Crippen LogP contribution in [0.4, 0.5) is 0 Å². The fourth-order valence-electron chi connectivity index (χ4n) is 2.95. The van der Waals surface area contributed by atoms with Gasteiger partial charge in [0.25, 0.3) is 5.91 Å². The molecule has 8 nitrogen and oxygen atoms in total. The third-order valence-electron chi connectivity index (χ3n) is 4.95. The van der Waals surface area contributed by atoms with E-state index in [-0.39, 0.29) is 24.2 Å². The van der Waals surface area contributed by atoms with Gasteiger partial charge < -0.3 is 14.7 Å². The Morgan fingerprint density at radius 3 is 2.38 bits per heavy atom. The first-order valence-corrected chi connectivity index (χ1v) is 10.4. The summed E-state index contributed by atoms with van der Waals surface area (Å²) < 4.78 is 29.6. The lowest BCUT2D eigenvalue weighted by atomic mass is 9.88. The first kappa shape index (κ1) is 21.0. The Labute approximate surface area is 154 Å². The van der Waals surface area contributed by atoms with Crippen molar-refractivity contribution in [1.29, 1.82) is 0 Å². The zero-order valence-corrected chi connectivity index (χ0v) is 16.6. The van der Waals surface area contributed by atoms with Gasteiger partial charge in [-0.15, -0.1) is 0 Å². The Balaban J connectivity index is 2.25. The van der Waals surface area contributed by atoms with Crippen molar-refractivity contribution in [3.8, 4) is 0 Å². The quantitative estimate of drug-likeness (QED) is 0.763. The molecule has 2 aliphatic heterocycles. The van der Waals surface area contributed by atoms with Gasteiger partial charge in [-0.25, -0.2) is 8.42 Å². The van der Waals surface area contributed by atoms with Crippen molar-refractivity contribution >= 4 is 27.4 Å². The van der Waals surface area contributed by atoms with Crippen LogP contribution in [0.3, 0.4) is 0 Å². The highest BCUT2D eigenvalue weighted by atomic mass is 32.2. The summed E-state index contributed by atoms with van der Waals surface area (Å²) in [5, 5.41) is 12.6. The molecule has 9 heteroatoms. The maximum absolute atomic E-state index is 13.1. The minimum atomic E-state index is -3.86. The maximum atomic E-state index is 13.1. The Morgan fingerprint density at radius 2 is 1.88 bits per heavy atom. The number of nitrogens with zero attached hydrogens (tertiary/aromatic N) is 2. The fraction of sp³-hybridized carbons (Fsp3) is 0.824. The number of carbonyl (C=O) groups is 1. The number of rotatable bonds is 5. The average molecular weight is 388 g/mol. The first-order valence-electron chi connectivity index (χ1n) is 8.81. The number of amides is 1. The summed E-state index contributed by atoms with van der Waals surface area (Å²) in [6.07, 6.45) is 0.721. The summed E-state index contributed by atoms with van der Waals surface area (Å²) in [5.74, 6) is -0.732. The number of carbonyl (C=O) groups excluding carboxylic acids is 1. The molecule has 1 saturated heterocycles. The molecule has 26 heavy (non-hydrogen) atoms. The lowest BCUT2D eigenvalue weighted by Crippen LogP contribution is -2.50. The summed E-state index contributed by atoms with van der Waals surface area (Å²) in [5.41, 5.74) is 0.503. The van der Waals surface area contributed by atoms with Crippen molar-refractivity contribution < 1.29 is 27.9 Å². The molecule has 0 spiro atoms. The highest BCUT2D eigenvalue weighted by Crippen LogP contribution is 2.32.